The first-order chi connectivity index (χ1) is 6.69. The van der Waals surface area contributed by atoms with Crippen molar-refractivity contribution in [3.8, 4) is 6.07 Å². The number of alkyl halides is 1. The van der Waals surface area contributed by atoms with Crippen molar-refractivity contribution >= 4 is 40.0 Å². The smallest absolute Gasteiger partial charge is 0.151 e. The summed E-state index contributed by atoms with van der Waals surface area (Å²) in [7, 11) is 0. The van der Waals surface area contributed by atoms with Gasteiger partial charge in [0.2, 0.25) is 0 Å². The summed E-state index contributed by atoms with van der Waals surface area (Å²) in [6.45, 7) is 0. The van der Waals surface area contributed by atoms with Crippen LogP contribution in [0.15, 0.2) is 18.2 Å². The number of halogens is 2. The number of ketones is 1. The van der Waals surface area contributed by atoms with Crippen LogP contribution in [0.5, 0.6) is 0 Å². The molecule has 1 rings (SSSR count). The van der Waals surface area contributed by atoms with Crippen LogP contribution in [0, 0.1) is 14.9 Å². The van der Waals surface area contributed by atoms with Gasteiger partial charge in [-0.1, -0.05) is 12.1 Å². The van der Waals surface area contributed by atoms with Crippen molar-refractivity contribution in [1.29, 1.82) is 5.26 Å². The molecule has 0 aliphatic heterocycles. The van der Waals surface area contributed by atoms with Gasteiger partial charge >= 0.3 is 0 Å². The zero-order valence-electron chi connectivity index (χ0n) is 7.26. The van der Waals surface area contributed by atoms with E-state index in [4.69, 9.17) is 16.9 Å². The fraction of sp³-hybridized carbons (Fsp3) is 0.200. The Kier molecular flexibility index (Phi) is 4.36. The molecule has 0 bridgehead atoms. The summed E-state index contributed by atoms with van der Waals surface area (Å²) in [6, 6.07) is 7.42. The molecule has 0 amide bonds. The van der Waals surface area contributed by atoms with E-state index in [2.05, 4.69) is 28.7 Å². The lowest BCUT2D eigenvalue weighted by Crippen LogP contribution is -2.05. The lowest BCUT2D eigenvalue weighted by Gasteiger charge is -2.03. The summed E-state index contributed by atoms with van der Waals surface area (Å²) in [6.07, 6.45) is 0.303. The van der Waals surface area contributed by atoms with Crippen LogP contribution >= 0.6 is 34.2 Å². The van der Waals surface area contributed by atoms with E-state index in [0.29, 0.717) is 12.0 Å². The molecular weight excluding hydrogens is 312 g/mol. The first kappa shape index (κ1) is 11.5. The third kappa shape index (κ3) is 2.69. The van der Waals surface area contributed by atoms with E-state index >= 15 is 0 Å². The Morgan fingerprint density at radius 2 is 2.29 bits per heavy atom. The quantitative estimate of drug-likeness (QED) is 0.634. The molecular formula is C10H7ClINO. The summed E-state index contributed by atoms with van der Waals surface area (Å²) in [5.41, 5.74) is 1.47. The third-order valence-electron chi connectivity index (χ3n) is 1.74. The van der Waals surface area contributed by atoms with Gasteiger partial charge in [-0.3, -0.25) is 4.79 Å². The van der Waals surface area contributed by atoms with Gasteiger partial charge < -0.3 is 0 Å². The molecule has 0 atom stereocenters. The third-order valence-corrected chi connectivity index (χ3v) is 3.31. The maximum Gasteiger partial charge on any atom is 0.151 e. The van der Waals surface area contributed by atoms with Crippen LogP contribution in [-0.2, 0) is 11.2 Å². The van der Waals surface area contributed by atoms with Crippen molar-refractivity contribution in [2.24, 2.45) is 0 Å². The van der Waals surface area contributed by atoms with Gasteiger partial charge in [-0.15, -0.1) is 11.6 Å². The minimum absolute atomic E-state index is 0.0207. The van der Waals surface area contributed by atoms with Crippen LogP contribution in [0.1, 0.15) is 11.1 Å². The zero-order valence-corrected chi connectivity index (χ0v) is 10.2. The molecule has 1 aromatic carbocycles. The van der Waals surface area contributed by atoms with Gasteiger partial charge in [0, 0.05) is 9.99 Å². The highest BCUT2D eigenvalue weighted by Gasteiger charge is 2.08. The Morgan fingerprint density at radius 3 is 2.86 bits per heavy atom. The first-order valence-electron chi connectivity index (χ1n) is 3.94. The lowest BCUT2D eigenvalue weighted by molar-refractivity contribution is -0.116. The second-order valence-electron chi connectivity index (χ2n) is 2.74. The van der Waals surface area contributed by atoms with E-state index in [1.807, 2.05) is 6.07 Å². The standard InChI is InChI=1S/C10H7ClINO/c11-5-9(14)4-7-2-1-3-8(6-13)10(7)12/h1-3H,4-5H2. The molecule has 0 saturated heterocycles. The number of rotatable bonds is 3. The number of hydrogen-bond donors (Lipinski definition) is 0. The summed E-state index contributed by atoms with van der Waals surface area (Å²) in [4.78, 5) is 11.1. The molecule has 0 aromatic heterocycles. The maximum atomic E-state index is 11.1. The van der Waals surface area contributed by atoms with Crippen LogP contribution in [-0.4, -0.2) is 11.7 Å². The van der Waals surface area contributed by atoms with Crippen LogP contribution < -0.4 is 0 Å². The summed E-state index contributed by atoms with van der Waals surface area (Å²) in [5.74, 6) is -0.00739. The second kappa shape index (κ2) is 5.32. The van der Waals surface area contributed by atoms with Gasteiger partial charge in [0.25, 0.3) is 0 Å². The highest BCUT2D eigenvalue weighted by Crippen LogP contribution is 2.17. The van der Waals surface area contributed by atoms with Gasteiger partial charge in [0.1, 0.15) is 6.07 Å². The molecule has 2 nitrogen and oxygen atoms in total. The van der Waals surface area contributed by atoms with E-state index in [1.165, 1.54) is 0 Å². The van der Waals surface area contributed by atoms with Gasteiger partial charge in [-0.25, -0.2) is 0 Å². The average Bonchev–Trinajstić information content (AvgIpc) is 2.21. The second-order valence-corrected chi connectivity index (χ2v) is 4.09. The van der Waals surface area contributed by atoms with Crippen LogP contribution in [0.4, 0.5) is 0 Å². The van der Waals surface area contributed by atoms with Gasteiger partial charge in [-0.05, 0) is 34.2 Å². The number of carbonyl (C=O) groups is 1. The zero-order chi connectivity index (χ0) is 10.6. The molecule has 0 aliphatic rings. The monoisotopic (exact) mass is 319 g/mol. The van der Waals surface area contributed by atoms with Crippen molar-refractivity contribution < 1.29 is 4.79 Å². The van der Waals surface area contributed by atoms with Crippen molar-refractivity contribution in [3.05, 3.63) is 32.9 Å². The summed E-state index contributed by atoms with van der Waals surface area (Å²) < 4.78 is 0.839. The molecule has 0 saturated carbocycles. The molecule has 4 heteroatoms. The van der Waals surface area contributed by atoms with Gasteiger partial charge in [0.05, 0.1) is 11.4 Å². The molecule has 0 heterocycles. The predicted molar refractivity (Wildman–Crippen MR) is 63.3 cm³/mol. The molecule has 0 fully saturated rings. The van der Waals surface area contributed by atoms with E-state index in [-0.39, 0.29) is 11.7 Å². The van der Waals surface area contributed by atoms with Gasteiger partial charge in [0.15, 0.2) is 5.78 Å². The van der Waals surface area contributed by atoms with Gasteiger partial charge in [-0.2, -0.15) is 5.26 Å². The SMILES string of the molecule is N#Cc1cccc(CC(=O)CCl)c1I. The van der Waals surface area contributed by atoms with Crippen molar-refractivity contribution in [1.82, 2.24) is 0 Å². The molecule has 0 radical (unpaired) electrons. The maximum absolute atomic E-state index is 11.1. The molecule has 1 aromatic rings. The molecule has 0 aliphatic carbocycles. The van der Waals surface area contributed by atoms with E-state index in [1.54, 1.807) is 12.1 Å². The number of carbonyl (C=O) groups excluding carboxylic acids is 1. The Labute approximate surface area is 101 Å². The fourth-order valence-electron chi connectivity index (χ4n) is 1.06. The topological polar surface area (TPSA) is 40.9 Å². The van der Waals surface area contributed by atoms with E-state index < -0.39 is 0 Å². The average molecular weight is 320 g/mol. The first-order valence-corrected chi connectivity index (χ1v) is 5.55. The van der Waals surface area contributed by atoms with E-state index in [9.17, 15) is 4.79 Å². The highest BCUT2D eigenvalue weighted by atomic mass is 127. The van der Waals surface area contributed by atoms with Crippen LogP contribution in [0.25, 0.3) is 0 Å². The van der Waals surface area contributed by atoms with Crippen LogP contribution in [0.3, 0.4) is 0 Å². The number of nitriles is 1. The molecule has 0 N–H and O–H groups in total. The summed E-state index contributed by atoms with van der Waals surface area (Å²) in [5, 5.41) is 8.77. The molecule has 14 heavy (non-hydrogen) atoms. The number of Topliss-reactive ketones (excluding diaryl/α,β-unsaturated/α-hetero) is 1. The number of benzene rings is 1. The van der Waals surface area contributed by atoms with Crippen LogP contribution in [0.2, 0.25) is 0 Å². The molecule has 0 spiro atoms. The Balaban J connectivity index is 2.99. The fourth-order valence-corrected chi connectivity index (χ4v) is 1.83. The number of hydrogen-bond acceptors (Lipinski definition) is 2. The molecule has 72 valence electrons. The minimum Gasteiger partial charge on any atom is -0.298 e. The van der Waals surface area contributed by atoms with Crippen molar-refractivity contribution in [2.75, 3.05) is 5.88 Å². The minimum atomic E-state index is -0.0281. The molecule has 0 unspecified atom stereocenters. The summed E-state index contributed by atoms with van der Waals surface area (Å²) >= 11 is 7.48. The van der Waals surface area contributed by atoms with E-state index in [0.717, 1.165) is 9.13 Å². The van der Waals surface area contributed by atoms with Crippen molar-refractivity contribution in [2.45, 2.75) is 6.42 Å². The van der Waals surface area contributed by atoms with Crippen molar-refractivity contribution in [3.63, 3.8) is 0 Å². The lowest BCUT2D eigenvalue weighted by atomic mass is 10.1. The predicted octanol–water partition coefficient (Wildman–Crippen LogP) is 2.51. The number of nitrogens with zero attached hydrogens (tertiary/aromatic N) is 1. The Hall–Kier alpha value is -0.600. The normalized spacial score (nSPS) is 9.50. The Bertz CT molecular complexity index is 398. The largest absolute Gasteiger partial charge is 0.298 e. The highest BCUT2D eigenvalue weighted by molar-refractivity contribution is 14.1. The Morgan fingerprint density at radius 1 is 1.57 bits per heavy atom.